The van der Waals surface area contributed by atoms with Gasteiger partial charge >= 0.3 is 0 Å². The zero-order chi connectivity index (χ0) is 17.6. The van der Waals surface area contributed by atoms with Crippen molar-refractivity contribution in [2.45, 2.75) is 6.61 Å². The lowest BCUT2D eigenvalue weighted by molar-refractivity contribution is 0.0971. The lowest BCUT2D eigenvalue weighted by Crippen LogP contribution is -2.23. The molecule has 0 spiro atoms. The molecule has 124 valence electrons. The van der Waals surface area contributed by atoms with Gasteiger partial charge in [0.25, 0.3) is 0 Å². The zero-order valence-electron chi connectivity index (χ0n) is 12.9. The van der Waals surface area contributed by atoms with E-state index in [1.54, 1.807) is 0 Å². The van der Waals surface area contributed by atoms with Crippen molar-refractivity contribution in [3.63, 3.8) is 0 Å². The van der Waals surface area contributed by atoms with Gasteiger partial charge < -0.3 is 24.8 Å². The summed E-state index contributed by atoms with van der Waals surface area (Å²) in [5, 5.41) is 30.0. The summed E-state index contributed by atoms with van der Waals surface area (Å²) < 4.78 is 9.96. The Morgan fingerprint density at radius 2 is 1.54 bits per heavy atom. The number of ketones is 2. The van der Waals surface area contributed by atoms with Crippen LogP contribution in [0.4, 0.5) is 0 Å². The summed E-state index contributed by atoms with van der Waals surface area (Å²) in [6.07, 6.45) is 0. The Bertz CT molecular complexity index is 883. The molecule has 1 aliphatic carbocycles. The number of carbonyl (C=O) groups is 2. The fraction of sp³-hybridized carbons (Fsp3) is 0.176. The fourth-order valence-electron chi connectivity index (χ4n) is 2.84. The van der Waals surface area contributed by atoms with Gasteiger partial charge in [0, 0.05) is 35.4 Å². The minimum atomic E-state index is -0.637. The van der Waals surface area contributed by atoms with Crippen molar-refractivity contribution in [2.24, 2.45) is 0 Å². The van der Waals surface area contributed by atoms with Crippen LogP contribution < -0.4 is 4.74 Å². The van der Waals surface area contributed by atoms with E-state index in [0.717, 1.165) is 6.07 Å². The number of hydrogen-bond donors (Lipinski definition) is 3. The highest BCUT2D eigenvalue weighted by Crippen LogP contribution is 2.42. The van der Waals surface area contributed by atoms with Crippen molar-refractivity contribution in [3.8, 4) is 23.0 Å². The van der Waals surface area contributed by atoms with Crippen molar-refractivity contribution < 1.29 is 34.4 Å². The molecule has 0 saturated carbocycles. The van der Waals surface area contributed by atoms with E-state index in [1.165, 1.54) is 26.4 Å². The Morgan fingerprint density at radius 1 is 0.875 bits per heavy atom. The lowest BCUT2D eigenvalue weighted by Gasteiger charge is -2.22. The maximum atomic E-state index is 12.8. The van der Waals surface area contributed by atoms with Gasteiger partial charge in [-0.25, -0.2) is 0 Å². The fourth-order valence-corrected chi connectivity index (χ4v) is 2.84. The minimum Gasteiger partial charge on any atom is -0.507 e. The number of hydrogen-bond acceptors (Lipinski definition) is 7. The molecule has 0 amide bonds. The van der Waals surface area contributed by atoms with Gasteiger partial charge in [-0.05, 0) is 12.1 Å². The maximum absolute atomic E-state index is 12.8. The van der Waals surface area contributed by atoms with Crippen molar-refractivity contribution >= 4 is 11.6 Å². The van der Waals surface area contributed by atoms with Gasteiger partial charge in [-0.1, -0.05) is 0 Å². The van der Waals surface area contributed by atoms with Gasteiger partial charge in [0.05, 0.1) is 19.3 Å². The van der Waals surface area contributed by atoms with Crippen LogP contribution in [-0.4, -0.2) is 41.1 Å². The van der Waals surface area contributed by atoms with E-state index in [1.807, 2.05) is 0 Å². The van der Waals surface area contributed by atoms with Crippen molar-refractivity contribution in [3.05, 3.63) is 46.0 Å². The third-order valence-electron chi connectivity index (χ3n) is 3.94. The van der Waals surface area contributed by atoms with Crippen LogP contribution in [0.15, 0.2) is 18.2 Å². The van der Waals surface area contributed by atoms with E-state index in [4.69, 9.17) is 9.47 Å². The van der Waals surface area contributed by atoms with Crippen LogP contribution in [0.3, 0.4) is 0 Å². The standard InChI is InChI=1S/C17H14O7/c1-23-6-10-13-9(5-12(19)16(10)21)15(20)8-3-7(24-2)4-11(18)14(8)17(13)22/h3-5,18-19,21H,6H2,1-2H3. The van der Waals surface area contributed by atoms with Crippen molar-refractivity contribution in [1.82, 2.24) is 0 Å². The highest BCUT2D eigenvalue weighted by Gasteiger charge is 2.36. The molecule has 7 heteroatoms. The molecule has 0 bridgehead atoms. The molecule has 0 saturated heterocycles. The molecular weight excluding hydrogens is 316 g/mol. The summed E-state index contributed by atoms with van der Waals surface area (Å²) in [4.78, 5) is 25.6. The second kappa shape index (κ2) is 5.54. The molecular formula is C17H14O7. The molecule has 0 aliphatic heterocycles. The zero-order valence-corrected chi connectivity index (χ0v) is 12.9. The summed E-state index contributed by atoms with van der Waals surface area (Å²) in [5.41, 5.74) is -0.368. The van der Waals surface area contributed by atoms with Gasteiger partial charge in [-0.15, -0.1) is 0 Å². The highest BCUT2D eigenvalue weighted by molar-refractivity contribution is 6.30. The first-order chi connectivity index (χ1) is 11.4. The van der Waals surface area contributed by atoms with Gasteiger partial charge in [0.15, 0.2) is 23.1 Å². The van der Waals surface area contributed by atoms with Crippen LogP contribution in [0, 0.1) is 0 Å². The first kappa shape index (κ1) is 15.8. The molecule has 0 fully saturated rings. The molecule has 0 unspecified atom stereocenters. The predicted octanol–water partition coefficient (Wildman–Crippen LogP) is 1.73. The first-order valence-electron chi connectivity index (χ1n) is 6.97. The van der Waals surface area contributed by atoms with Crippen LogP contribution in [0.5, 0.6) is 23.0 Å². The predicted molar refractivity (Wildman–Crippen MR) is 82.0 cm³/mol. The topological polar surface area (TPSA) is 113 Å². The van der Waals surface area contributed by atoms with E-state index in [9.17, 15) is 24.9 Å². The van der Waals surface area contributed by atoms with E-state index >= 15 is 0 Å². The molecule has 2 aromatic carbocycles. The lowest BCUT2D eigenvalue weighted by atomic mass is 9.81. The number of rotatable bonds is 3. The van der Waals surface area contributed by atoms with Crippen LogP contribution >= 0.6 is 0 Å². The molecule has 24 heavy (non-hydrogen) atoms. The smallest absolute Gasteiger partial charge is 0.198 e. The van der Waals surface area contributed by atoms with Gasteiger partial charge in [0.1, 0.15) is 11.5 Å². The number of fused-ring (bicyclic) bond motifs is 2. The van der Waals surface area contributed by atoms with Crippen molar-refractivity contribution in [1.29, 1.82) is 0 Å². The maximum Gasteiger partial charge on any atom is 0.198 e. The Hall–Kier alpha value is -3.06. The summed E-state index contributed by atoms with van der Waals surface area (Å²) in [5.74, 6) is -2.45. The molecule has 0 aromatic heterocycles. The van der Waals surface area contributed by atoms with Gasteiger partial charge in [-0.2, -0.15) is 0 Å². The number of phenolic OH excluding ortho intramolecular Hbond substituents is 3. The van der Waals surface area contributed by atoms with E-state index in [-0.39, 0.29) is 40.2 Å². The average Bonchev–Trinajstić information content (AvgIpc) is 2.55. The molecule has 0 heterocycles. The first-order valence-corrected chi connectivity index (χ1v) is 6.97. The van der Waals surface area contributed by atoms with Gasteiger partial charge in [0.2, 0.25) is 0 Å². The third-order valence-corrected chi connectivity index (χ3v) is 3.94. The largest absolute Gasteiger partial charge is 0.507 e. The molecule has 7 nitrogen and oxygen atoms in total. The number of methoxy groups -OCH3 is 2. The van der Waals surface area contributed by atoms with E-state index in [0.29, 0.717) is 0 Å². The summed E-state index contributed by atoms with van der Waals surface area (Å²) >= 11 is 0. The van der Waals surface area contributed by atoms with E-state index in [2.05, 4.69) is 0 Å². The SMILES string of the molecule is COCc1c(O)c(O)cc2c1C(=O)c1c(O)cc(OC)cc1C2=O. The minimum absolute atomic E-state index is 0.00767. The highest BCUT2D eigenvalue weighted by atomic mass is 16.5. The molecule has 2 aromatic rings. The second-order valence-corrected chi connectivity index (χ2v) is 5.31. The number of ether oxygens (including phenoxy) is 2. The summed E-state index contributed by atoms with van der Waals surface area (Å²) in [7, 11) is 2.71. The third kappa shape index (κ3) is 2.10. The van der Waals surface area contributed by atoms with Crippen molar-refractivity contribution in [2.75, 3.05) is 14.2 Å². The van der Waals surface area contributed by atoms with Crippen LogP contribution in [0.25, 0.3) is 0 Å². The summed E-state index contributed by atoms with van der Waals surface area (Å²) in [6.45, 7) is -0.187. The number of aromatic hydroxyl groups is 3. The molecule has 3 N–H and O–H groups in total. The normalized spacial score (nSPS) is 12.8. The number of phenols is 3. The van der Waals surface area contributed by atoms with E-state index < -0.39 is 28.8 Å². The Kier molecular flexibility index (Phi) is 3.65. The Morgan fingerprint density at radius 3 is 2.17 bits per heavy atom. The molecule has 1 aliphatic rings. The average molecular weight is 330 g/mol. The monoisotopic (exact) mass is 330 g/mol. The van der Waals surface area contributed by atoms with Crippen LogP contribution in [-0.2, 0) is 11.3 Å². The summed E-state index contributed by atoms with van der Waals surface area (Å²) in [6, 6.07) is 3.60. The molecule has 3 rings (SSSR count). The van der Waals surface area contributed by atoms with Gasteiger partial charge in [-0.3, -0.25) is 9.59 Å². The second-order valence-electron chi connectivity index (χ2n) is 5.31. The number of benzene rings is 2. The Labute approximate surface area is 136 Å². The molecule has 0 radical (unpaired) electrons. The van der Waals surface area contributed by atoms with Crippen LogP contribution in [0.2, 0.25) is 0 Å². The number of carbonyl (C=O) groups excluding carboxylic acids is 2. The van der Waals surface area contributed by atoms with Crippen LogP contribution in [0.1, 0.15) is 37.4 Å². The Balaban J connectivity index is 2.35. The quantitative estimate of drug-likeness (QED) is 0.627. The molecule has 0 atom stereocenters.